The predicted molar refractivity (Wildman–Crippen MR) is 218 cm³/mol. The minimum absolute atomic E-state index is 0.0275. The summed E-state index contributed by atoms with van der Waals surface area (Å²) in [5.74, 6) is 7.94. The standard InChI is InChI=1S/C48H56N2O2/c1-13-45(5,6)35-27-37(47(9,10)15-3)41-39(29-35)49-43(51-41)33-23-19-31(20-24-33)17-18-32-21-25-34(26-22-32)44-50-40-30-36(46(7,8)14-2)28-38(42(40)52-44)48(11,12)16-4/h19-30H,13-16H2,1-12H3. The molecular formula is C48H56N2O2. The number of rotatable bonds is 10. The van der Waals surface area contributed by atoms with Gasteiger partial charge in [0.1, 0.15) is 11.0 Å². The second-order valence-electron chi connectivity index (χ2n) is 17.1. The topological polar surface area (TPSA) is 52.1 Å². The van der Waals surface area contributed by atoms with Gasteiger partial charge in [0, 0.05) is 33.4 Å². The van der Waals surface area contributed by atoms with Crippen molar-refractivity contribution in [2.75, 3.05) is 0 Å². The van der Waals surface area contributed by atoms with Crippen LogP contribution in [0, 0.1) is 11.8 Å². The van der Waals surface area contributed by atoms with Crippen LogP contribution in [0.1, 0.15) is 142 Å². The Kier molecular flexibility index (Phi) is 9.81. The molecule has 0 saturated carbocycles. The molecule has 0 radical (unpaired) electrons. The SMILES string of the molecule is CCC(C)(C)c1cc(C(C)(C)CC)c2oc(-c3ccc(C#Cc4ccc(-c5nc6cc(C(C)(C)CC)cc(C(C)(C)CC)c6o5)cc4)cc3)nc2c1. The number of hydrogen-bond acceptors (Lipinski definition) is 4. The van der Waals surface area contributed by atoms with E-state index in [9.17, 15) is 0 Å². The van der Waals surface area contributed by atoms with Crippen LogP contribution in [0.4, 0.5) is 0 Å². The van der Waals surface area contributed by atoms with Gasteiger partial charge < -0.3 is 8.83 Å². The highest BCUT2D eigenvalue weighted by molar-refractivity contribution is 5.83. The van der Waals surface area contributed by atoms with Gasteiger partial charge in [-0.3, -0.25) is 0 Å². The predicted octanol–water partition coefficient (Wildman–Crippen LogP) is 13.5. The summed E-state index contributed by atoms with van der Waals surface area (Å²) in [6, 6.07) is 25.5. The van der Waals surface area contributed by atoms with Gasteiger partial charge in [-0.2, -0.15) is 0 Å². The molecule has 0 atom stereocenters. The van der Waals surface area contributed by atoms with Crippen molar-refractivity contribution in [3.63, 3.8) is 0 Å². The van der Waals surface area contributed by atoms with Crippen molar-refractivity contribution in [1.29, 1.82) is 0 Å². The Hall–Kier alpha value is -4.62. The van der Waals surface area contributed by atoms with E-state index in [-0.39, 0.29) is 21.7 Å². The van der Waals surface area contributed by atoms with E-state index in [1.54, 1.807) is 0 Å². The lowest BCUT2D eigenvalue weighted by Gasteiger charge is -2.28. The van der Waals surface area contributed by atoms with Gasteiger partial charge in [-0.25, -0.2) is 9.97 Å². The molecule has 6 rings (SSSR count). The normalized spacial score (nSPS) is 12.8. The molecular weight excluding hydrogens is 637 g/mol. The van der Waals surface area contributed by atoms with Crippen molar-refractivity contribution in [3.05, 3.63) is 106 Å². The summed E-state index contributed by atoms with van der Waals surface area (Å²) < 4.78 is 13.0. The van der Waals surface area contributed by atoms with Crippen LogP contribution >= 0.6 is 0 Å². The highest BCUT2D eigenvalue weighted by Crippen LogP contribution is 2.41. The van der Waals surface area contributed by atoms with Crippen LogP contribution in [0.25, 0.3) is 45.1 Å². The molecule has 0 unspecified atom stereocenters. The third-order valence-electron chi connectivity index (χ3n) is 12.2. The quantitative estimate of drug-likeness (QED) is 0.134. The molecule has 2 heterocycles. The molecule has 0 saturated heterocycles. The van der Waals surface area contributed by atoms with Gasteiger partial charge in [0.05, 0.1) is 0 Å². The number of hydrogen-bond donors (Lipinski definition) is 0. The zero-order valence-corrected chi connectivity index (χ0v) is 33.5. The molecule has 270 valence electrons. The number of fused-ring (bicyclic) bond motifs is 2. The number of nitrogens with zero attached hydrogens (tertiary/aromatic N) is 2. The summed E-state index contributed by atoms with van der Waals surface area (Å²) in [6.07, 6.45) is 4.13. The fourth-order valence-electron chi connectivity index (χ4n) is 6.43. The van der Waals surface area contributed by atoms with E-state index < -0.39 is 0 Å². The maximum Gasteiger partial charge on any atom is 0.227 e. The van der Waals surface area contributed by atoms with Crippen LogP contribution in [-0.2, 0) is 21.7 Å². The van der Waals surface area contributed by atoms with Gasteiger partial charge >= 0.3 is 0 Å². The third-order valence-corrected chi connectivity index (χ3v) is 12.2. The van der Waals surface area contributed by atoms with Gasteiger partial charge in [-0.05, 0) is 119 Å². The van der Waals surface area contributed by atoms with Crippen LogP contribution in [0.15, 0.2) is 81.6 Å². The Balaban J connectivity index is 1.25. The molecule has 4 aromatic carbocycles. The Morgan fingerprint density at radius 3 is 1.10 bits per heavy atom. The molecule has 0 fully saturated rings. The van der Waals surface area contributed by atoms with Crippen LogP contribution in [0.2, 0.25) is 0 Å². The molecule has 0 aliphatic rings. The molecule has 0 bridgehead atoms. The average molecular weight is 693 g/mol. The van der Waals surface area contributed by atoms with Crippen molar-refractivity contribution in [1.82, 2.24) is 9.97 Å². The molecule has 52 heavy (non-hydrogen) atoms. The monoisotopic (exact) mass is 692 g/mol. The van der Waals surface area contributed by atoms with Gasteiger partial charge in [-0.1, -0.05) is 107 Å². The fourth-order valence-corrected chi connectivity index (χ4v) is 6.43. The first-order chi connectivity index (χ1) is 24.5. The first-order valence-electron chi connectivity index (χ1n) is 19.2. The Morgan fingerprint density at radius 1 is 0.462 bits per heavy atom. The minimum Gasteiger partial charge on any atom is -0.436 e. The zero-order chi connectivity index (χ0) is 37.6. The van der Waals surface area contributed by atoms with Gasteiger partial charge in [0.25, 0.3) is 0 Å². The lowest BCUT2D eigenvalue weighted by Crippen LogP contribution is -2.20. The second-order valence-corrected chi connectivity index (χ2v) is 17.1. The summed E-state index contributed by atoms with van der Waals surface area (Å²) in [7, 11) is 0. The van der Waals surface area contributed by atoms with E-state index in [4.69, 9.17) is 18.8 Å². The Bertz CT molecular complexity index is 2120. The lowest BCUT2D eigenvalue weighted by atomic mass is 9.76. The maximum absolute atomic E-state index is 6.51. The van der Waals surface area contributed by atoms with Crippen LogP contribution in [0.3, 0.4) is 0 Å². The van der Waals surface area contributed by atoms with Crippen LogP contribution in [-0.4, -0.2) is 9.97 Å². The van der Waals surface area contributed by atoms with Crippen molar-refractivity contribution < 1.29 is 8.83 Å². The van der Waals surface area contributed by atoms with E-state index in [1.165, 1.54) is 22.3 Å². The van der Waals surface area contributed by atoms with E-state index in [0.29, 0.717) is 11.8 Å². The van der Waals surface area contributed by atoms with Crippen LogP contribution in [0.5, 0.6) is 0 Å². The van der Waals surface area contributed by atoms with Crippen molar-refractivity contribution in [2.45, 2.75) is 130 Å². The zero-order valence-electron chi connectivity index (χ0n) is 33.5. The number of aromatic nitrogens is 2. The average Bonchev–Trinajstić information content (AvgIpc) is 3.78. The summed E-state index contributed by atoms with van der Waals surface area (Å²) in [5.41, 5.74) is 12.5. The molecule has 0 N–H and O–H groups in total. The number of benzene rings is 4. The van der Waals surface area contributed by atoms with Crippen LogP contribution < -0.4 is 0 Å². The molecule has 0 aliphatic heterocycles. The van der Waals surface area contributed by atoms with Gasteiger partial charge in [0.2, 0.25) is 11.8 Å². The first-order valence-corrected chi connectivity index (χ1v) is 19.2. The Labute approximate surface area is 311 Å². The van der Waals surface area contributed by atoms with Gasteiger partial charge in [-0.15, -0.1) is 0 Å². The molecule has 0 aliphatic carbocycles. The maximum atomic E-state index is 6.51. The first kappa shape index (κ1) is 37.1. The number of oxazole rings is 2. The van der Waals surface area contributed by atoms with Crippen molar-refractivity contribution >= 4 is 22.2 Å². The largest absolute Gasteiger partial charge is 0.436 e. The lowest BCUT2D eigenvalue weighted by molar-refractivity contribution is 0.484. The highest BCUT2D eigenvalue weighted by atomic mass is 16.4. The molecule has 2 aromatic heterocycles. The summed E-state index contributed by atoms with van der Waals surface area (Å²) in [4.78, 5) is 9.99. The third kappa shape index (κ3) is 7.08. The molecule has 4 nitrogen and oxygen atoms in total. The summed E-state index contributed by atoms with van der Waals surface area (Å²) in [6.45, 7) is 27.3. The summed E-state index contributed by atoms with van der Waals surface area (Å²) >= 11 is 0. The Morgan fingerprint density at radius 2 is 0.788 bits per heavy atom. The smallest absolute Gasteiger partial charge is 0.227 e. The molecule has 0 amide bonds. The van der Waals surface area contributed by atoms with E-state index >= 15 is 0 Å². The highest BCUT2D eigenvalue weighted by Gasteiger charge is 2.30. The molecule has 6 aromatic rings. The minimum atomic E-state index is -0.0275. The van der Waals surface area contributed by atoms with Crippen molar-refractivity contribution in [2.24, 2.45) is 0 Å². The van der Waals surface area contributed by atoms with E-state index in [1.807, 2.05) is 48.5 Å². The molecule has 4 heteroatoms. The van der Waals surface area contributed by atoms with Crippen molar-refractivity contribution in [3.8, 4) is 34.7 Å². The molecule has 0 spiro atoms. The van der Waals surface area contributed by atoms with E-state index in [0.717, 1.165) is 70.1 Å². The van der Waals surface area contributed by atoms with E-state index in [2.05, 4.69) is 119 Å². The fraction of sp³-hybridized carbons (Fsp3) is 0.417. The second kappa shape index (κ2) is 13.7. The van der Waals surface area contributed by atoms with Gasteiger partial charge in [0.15, 0.2) is 11.2 Å². The summed E-state index contributed by atoms with van der Waals surface area (Å²) in [5, 5.41) is 0.